The number of carbonyl (C=O) groups excluding carboxylic acids is 2. The molecular weight excluding hydrogens is 476 g/mol. The summed E-state index contributed by atoms with van der Waals surface area (Å²) in [5.41, 5.74) is 4.34. The first kappa shape index (κ1) is 25.0. The van der Waals surface area contributed by atoms with Gasteiger partial charge in [-0.2, -0.15) is 31.8 Å². The molecule has 180 valence electrons. The van der Waals surface area contributed by atoms with Crippen LogP contribution >= 0.6 is 13.5 Å². The summed E-state index contributed by atoms with van der Waals surface area (Å²) in [6.45, 7) is 0.514. The lowest BCUT2D eigenvalue weighted by Crippen LogP contribution is -2.43. The molecule has 0 bridgehead atoms. The van der Waals surface area contributed by atoms with Crippen molar-refractivity contribution in [1.29, 1.82) is 0 Å². The van der Waals surface area contributed by atoms with E-state index in [9.17, 15) is 27.2 Å². The van der Waals surface area contributed by atoms with E-state index < -0.39 is 35.8 Å². The second-order valence-electron chi connectivity index (χ2n) is 7.51. The van der Waals surface area contributed by atoms with E-state index >= 15 is 0 Å². The maximum absolute atomic E-state index is 13.3. The third-order valence-corrected chi connectivity index (χ3v) is 5.25. The van der Waals surface area contributed by atoms with Crippen LogP contribution in [-0.2, 0) is 12.9 Å². The molecule has 0 saturated heterocycles. The number of nitrogens with zero attached hydrogens (tertiary/aromatic N) is 4. The van der Waals surface area contributed by atoms with Crippen molar-refractivity contribution in [3.63, 3.8) is 0 Å². The van der Waals surface area contributed by atoms with Crippen LogP contribution in [0.25, 0.3) is 0 Å². The zero-order valence-corrected chi connectivity index (χ0v) is 18.7. The number of nitrogens with two attached hydrogens (primary N) is 1. The van der Waals surface area contributed by atoms with Gasteiger partial charge in [0, 0.05) is 18.4 Å². The minimum absolute atomic E-state index is 0. The van der Waals surface area contributed by atoms with Gasteiger partial charge in [0.15, 0.2) is 5.69 Å². The lowest BCUT2D eigenvalue weighted by molar-refractivity contribution is -0.138. The number of benzene rings is 1. The highest BCUT2D eigenvalue weighted by molar-refractivity contribution is 7.59. The largest absolute Gasteiger partial charge is 0.416 e. The molecular formula is C21H20F4N6O2S. The summed E-state index contributed by atoms with van der Waals surface area (Å²) < 4.78 is 54.2. The maximum atomic E-state index is 13.3. The van der Waals surface area contributed by atoms with Crippen molar-refractivity contribution in [2.45, 2.75) is 25.8 Å². The van der Waals surface area contributed by atoms with Crippen LogP contribution in [0.1, 0.15) is 44.9 Å². The number of aromatic nitrogens is 3. The summed E-state index contributed by atoms with van der Waals surface area (Å²) in [4.78, 5) is 30.9. The molecule has 1 atom stereocenters. The molecule has 0 saturated carbocycles. The van der Waals surface area contributed by atoms with E-state index in [1.165, 1.54) is 34.1 Å². The van der Waals surface area contributed by atoms with Gasteiger partial charge >= 0.3 is 6.18 Å². The molecule has 8 nitrogen and oxygen atoms in total. The number of rotatable bonds is 4. The molecule has 4 rings (SSSR count). The van der Waals surface area contributed by atoms with Crippen LogP contribution in [0.3, 0.4) is 0 Å². The number of amides is 2. The van der Waals surface area contributed by atoms with Gasteiger partial charge in [-0.15, -0.1) is 0 Å². The predicted octanol–water partition coefficient (Wildman–Crippen LogP) is 3.94. The quantitative estimate of drug-likeness (QED) is 0.533. The highest BCUT2D eigenvalue weighted by Crippen LogP contribution is 2.36. The first-order chi connectivity index (χ1) is 15.6. The number of alkyl halides is 4. The fraction of sp³-hybridized carbons (Fsp3) is 0.238. The molecule has 1 aliphatic rings. The summed E-state index contributed by atoms with van der Waals surface area (Å²) in [6.07, 6.45) is -2.13. The van der Waals surface area contributed by atoms with Gasteiger partial charge in [0.05, 0.1) is 29.1 Å². The third-order valence-electron chi connectivity index (χ3n) is 5.25. The van der Waals surface area contributed by atoms with Crippen molar-refractivity contribution in [3.8, 4) is 0 Å². The topological polar surface area (TPSA) is 106 Å². The van der Waals surface area contributed by atoms with Gasteiger partial charge in [0.1, 0.15) is 12.5 Å². The second-order valence-corrected chi connectivity index (χ2v) is 7.51. The van der Waals surface area contributed by atoms with Crippen molar-refractivity contribution < 1.29 is 27.2 Å². The van der Waals surface area contributed by atoms with E-state index in [2.05, 4.69) is 15.4 Å². The number of hydrogen-bond acceptors (Lipinski definition) is 5. The fourth-order valence-electron chi connectivity index (χ4n) is 3.65. The van der Waals surface area contributed by atoms with Crippen LogP contribution in [0.15, 0.2) is 42.7 Å². The normalized spacial score (nSPS) is 15.5. The van der Waals surface area contributed by atoms with Crippen molar-refractivity contribution in [3.05, 3.63) is 65.1 Å². The summed E-state index contributed by atoms with van der Waals surface area (Å²) in [5, 5.41) is 6.77. The number of nitrogens with one attached hydrogen (secondary N) is 1. The van der Waals surface area contributed by atoms with Gasteiger partial charge in [0.2, 0.25) is 0 Å². The smallest absolute Gasteiger partial charge is 0.384 e. The zero-order chi connectivity index (χ0) is 23.9. The molecule has 3 heterocycles. The Hall–Kier alpha value is -3.61. The molecule has 0 unspecified atom stereocenters. The molecule has 0 aliphatic carbocycles. The molecule has 0 spiro atoms. The second kappa shape index (κ2) is 9.33. The number of hydrogen-bond donors (Lipinski definition) is 2. The van der Waals surface area contributed by atoms with Crippen molar-refractivity contribution in [2.75, 3.05) is 22.5 Å². The average Bonchev–Trinajstić information content (AvgIpc) is 3.20. The number of fused-ring (bicyclic) bond motifs is 1. The van der Waals surface area contributed by atoms with E-state index in [-0.39, 0.29) is 54.5 Å². The van der Waals surface area contributed by atoms with Crippen LogP contribution in [0, 0.1) is 0 Å². The van der Waals surface area contributed by atoms with E-state index in [1.807, 2.05) is 0 Å². The first-order valence-corrected chi connectivity index (χ1v) is 9.78. The van der Waals surface area contributed by atoms with Crippen molar-refractivity contribution in [1.82, 2.24) is 14.8 Å². The lowest BCUT2D eigenvalue weighted by Gasteiger charge is -2.32. The molecule has 2 amide bonds. The zero-order valence-electron chi connectivity index (χ0n) is 17.7. The summed E-state index contributed by atoms with van der Waals surface area (Å²) in [7, 11) is 0. The fourth-order valence-corrected chi connectivity index (χ4v) is 3.65. The Morgan fingerprint density at radius 1 is 1.24 bits per heavy atom. The van der Waals surface area contributed by atoms with Crippen LogP contribution in [0.2, 0.25) is 0 Å². The maximum Gasteiger partial charge on any atom is 0.416 e. The Bertz CT molecular complexity index is 1230. The molecule has 0 fully saturated rings. The highest BCUT2D eigenvalue weighted by Gasteiger charge is 2.36. The van der Waals surface area contributed by atoms with Gasteiger partial charge in [-0.05, 0) is 42.8 Å². The minimum atomic E-state index is -4.72. The minimum Gasteiger partial charge on any atom is -0.384 e. The standard InChI is InChI=1S/C21H18F4N6O2.H2S/c1-11-10-30(14-3-4-15(21(23,24)25)13(6-14)7-22)20(33)18-16(9-28-31(11)18)29-19(32)12-2-5-17(26)27-8-12;/h2-6,8-9,11H,7,10H2,1H3,(H2,26,27)(H,29,32);1H2/t11-;/m0./s1. The lowest BCUT2D eigenvalue weighted by atomic mass is 10.0. The summed E-state index contributed by atoms with van der Waals surface area (Å²) >= 11 is 0. The van der Waals surface area contributed by atoms with Gasteiger partial charge in [0.25, 0.3) is 11.8 Å². The van der Waals surface area contributed by atoms with Gasteiger partial charge < -0.3 is 16.0 Å². The Morgan fingerprint density at radius 2 is 1.97 bits per heavy atom. The molecule has 1 aromatic carbocycles. The number of carbonyl (C=O) groups is 2. The van der Waals surface area contributed by atoms with Crippen molar-refractivity contribution in [2.24, 2.45) is 0 Å². The molecule has 1 aliphatic heterocycles. The van der Waals surface area contributed by atoms with E-state index in [0.717, 1.165) is 18.2 Å². The van der Waals surface area contributed by atoms with Gasteiger partial charge in [-0.25, -0.2) is 9.37 Å². The van der Waals surface area contributed by atoms with Crippen LogP contribution < -0.4 is 16.0 Å². The van der Waals surface area contributed by atoms with Crippen LogP contribution in [0.5, 0.6) is 0 Å². The summed E-state index contributed by atoms with van der Waals surface area (Å²) in [6, 6.07) is 5.44. The average molecular weight is 496 g/mol. The number of halogens is 4. The Morgan fingerprint density at radius 3 is 2.59 bits per heavy atom. The molecule has 2 aromatic heterocycles. The van der Waals surface area contributed by atoms with E-state index in [1.54, 1.807) is 6.92 Å². The number of pyridine rings is 1. The molecule has 3 N–H and O–H groups in total. The number of anilines is 3. The van der Waals surface area contributed by atoms with Gasteiger partial charge in [-0.3, -0.25) is 14.3 Å². The third kappa shape index (κ3) is 4.55. The summed E-state index contributed by atoms with van der Waals surface area (Å²) in [5.74, 6) is -0.913. The van der Waals surface area contributed by atoms with Crippen LogP contribution in [0.4, 0.5) is 34.8 Å². The van der Waals surface area contributed by atoms with Gasteiger partial charge in [-0.1, -0.05) is 0 Å². The Kier molecular flexibility index (Phi) is 6.87. The molecule has 34 heavy (non-hydrogen) atoms. The Balaban J connectivity index is 0.00000324. The number of nitrogen functional groups attached to an aromatic ring is 1. The van der Waals surface area contributed by atoms with Crippen molar-refractivity contribution >= 4 is 42.5 Å². The molecule has 3 aromatic rings. The highest BCUT2D eigenvalue weighted by atomic mass is 32.1. The van der Waals surface area contributed by atoms with E-state index in [4.69, 9.17) is 5.73 Å². The van der Waals surface area contributed by atoms with Crippen LogP contribution in [-0.4, -0.2) is 33.1 Å². The Labute approximate surface area is 198 Å². The molecule has 0 radical (unpaired) electrons. The first-order valence-electron chi connectivity index (χ1n) is 9.78. The molecule has 13 heteroatoms. The predicted molar refractivity (Wildman–Crippen MR) is 122 cm³/mol. The SMILES string of the molecule is C[C@H]1CN(c2ccc(C(F)(F)F)c(CF)c2)C(=O)c2c(NC(=O)c3ccc(N)nc3)cnn21.S. The monoisotopic (exact) mass is 496 g/mol. The van der Waals surface area contributed by atoms with E-state index in [0.29, 0.717) is 0 Å².